The molecule has 0 atom stereocenters. The Bertz CT molecular complexity index is 632. The van der Waals surface area contributed by atoms with Gasteiger partial charge in [0.1, 0.15) is 29.6 Å². The van der Waals surface area contributed by atoms with Crippen molar-refractivity contribution in [2.24, 2.45) is 0 Å². The number of aliphatic hydroxyl groups excluding tert-OH is 1. The SMILES string of the molecule is COCCOc1cccc(F)c1NC1=CC(=O)N(CCO)C1=O. The molecule has 0 aromatic heterocycles. The summed E-state index contributed by atoms with van der Waals surface area (Å²) in [5.74, 6) is -1.62. The third-order valence-electron chi connectivity index (χ3n) is 3.11. The molecule has 1 aliphatic rings. The minimum Gasteiger partial charge on any atom is -0.489 e. The summed E-state index contributed by atoms with van der Waals surface area (Å²) in [4.78, 5) is 24.6. The summed E-state index contributed by atoms with van der Waals surface area (Å²) in [6.45, 7) is 0.0645. The quantitative estimate of drug-likeness (QED) is 0.535. The molecule has 0 unspecified atom stereocenters. The van der Waals surface area contributed by atoms with Crippen molar-refractivity contribution in [3.05, 3.63) is 35.8 Å². The molecule has 23 heavy (non-hydrogen) atoms. The van der Waals surface area contributed by atoms with Gasteiger partial charge in [-0.3, -0.25) is 14.5 Å². The van der Waals surface area contributed by atoms with Gasteiger partial charge in [-0.1, -0.05) is 6.07 Å². The molecule has 0 aliphatic carbocycles. The van der Waals surface area contributed by atoms with Crippen LogP contribution in [0.2, 0.25) is 0 Å². The number of aliphatic hydroxyl groups is 1. The van der Waals surface area contributed by atoms with E-state index in [0.29, 0.717) is 6.61 Å². The molecule has 0 spiro atoms. The smallest absolute Gasteiger partial charge is 0.277 e. The van der Waals surface area contributed by atoms with E-state index in [-0.39, 0.29) is 36.9 Å². The number of nitrogens with one attached hydrogen (secondary N) is 1. The number of para-hydroxylation sites is 1. The number of nitrogens with zero attached hydrogens (tertiary/aromatic N) is 1. The van der Waals surface area contributed by atoms with Crippen LogP contribution in [-0.4, -0.2) is 55.3 Å². The van der Waals surface area contributed by atoms with Gasteiger partial charge in [-0.15, -0.1) is 0 Å². The molecule has 7 nitrogen and oxygen atoms in total. The molecule has 8 heteroatoms. The highest BCUT2D eigenvalue weighted by Crippen LogP contribution is 2.30. The Kier molecular flexibility index (Phi) is 5.67. The summed E-state index contributed by atoms with van der Waals surface area (Å²) in [7, 11) is 1.51. The summed E-state index contributed by atoms with van der Waals surface area (Å²) in [5.41, 5.74) is -0.119. The molecule has 1 aromatic rings. The van der Waals surface area contributed by atoms with Crippen LogP contribution in [0.3, 0.4) is 0 Å². The number of carbonyl (C=O) groups excluding carboxylic acids is 2. The second kappa shape index (κ2) is 7.70. The van der Waals surface area contributed by atoms with Crippen molar-refractivity contribution in [2.45, 2.75) is 0 Å². The Labute approximate surface area is 132 Å². The second-order valence-electron chi connectivity index (χ2n) is 4.66. The number of hydrogen-bond acceptors (Lipinski definition) is 6. The average molecular weight is 324 g/mol. The van der Waals surface area contributed by atoms with E-state index in [4.69, 9.17) is 14.6 Å². The monoisotopic (exact) mass is 324 g/mol. The topological polar surface area (TPSA) is 88.1 Å². The largest absolute Gasteiger partial charge is 0.489 e. The predicted molar refractivity (Wildman–Crippen MR) is 79.3 cm³/mol. The Balaban J connectivity index is 2.18. The average Bonchev–Trinajstić information content (AvgIpc) is 2.78. The molecule has 1 aromatic carbocycles. The highest BCUT2D eigenvalue weighted by atomic mass is 19.1. The summed E-state index contributed by atoms with van der Waals surface area (Å²) >= 11 is 0. The van der Waals surface area contributed by atoms with Crippen molar-refractivity contribution in [3.63, 3.8) is 0 Å². The van der Waals surface area contributed by atoms with Gasteiger partial charge in [-0.05, 0) is 12.1 Å². The normalized spacial score (nSPS) is 14.2. The van der Waals surface area contributed by atoms with Crippen LogP contribution < -0.4 is 10.1 Å². The minimum absolute atomic E-state index is 0.0400. The van der Waals surface area contributed by atoms with Gasteiger partial charge in [0.25, 0.3) is 11.8 Å². The third-order valence-corrected chi connectivity index (χ3v) is 3.11. The number of methoxy groups -OCH3 is 1. The van der Waals surface area contributed by atoms with Crippen molar-refractivity contribution in [2.75, 3.05) is 38.8 Å². The fraction of sp³-hybridized carbons (Fsp3) is 0.333. The van der Waals surface area contributed by atoms with E-state index >= 15 is 0 Å². The van der Waals surface area contributed by atoms with Crippen LogP contribution >= 0.6 is 0 Å². The second-order valence-corrected chi connectivity index (χ2v) is 4.66. The van der Waals surface area contributed by atoms with Crippen molar-refractivity contribution in [3.8, 4) is 5.75 Å². The zero-order chi connectivity index (χ0) is 16.8. The van der Waals surface area contributed by atoms with Gasteiger partial charge in [-0.25, -0.2) is 4.39 Å². The van der Waals surface area contributed by atoms with Crippen molar-refractivity contribution >= 4 is 17.5 Å². The molecular formula is C15H17FN2O5. The van der Waals surface area contributed by atoms with E-state index in [1.807, 2.05) is 0 Å². The number of benzene rings is 1. The fourth-order valence-corrected chi connectivity index (χ4v) is 2.03. The molecule has 2 rings (SSSR count). The van der Waals surface area contributed by atoms with Crippen LogP contribution in [0.5, 0.6) is 5.75 Å². The molecule has 0 fully saturated rings. The minimum atomic E-state index is -0.629. The number of carbonyl (C=O) groups is 2. The summed E-state index contributed by atoms with van der Waals surface area (Å²) in [6.07, 6.45) is 1.06. The van der Waals surface area contributed by atoms with E-state index in [0.717, 1.165) is 11.0 Å². The standard InChI is InChI=1S/C15H17FN2O5/c1-22-7-8-23-12-4-2-3-10(16)14(12)17-11-9-13(20)18(5-6-19)15(11)21/h2-4,9,17,19H,5-8H2,1H3. The summed E-state index contributed by atoms with van der Waals surface area (Å²) in [6, 6.07) is 4.21. The molecule has 124 valence electrons. The lowest BCUT2D eigenvalue weighted by Crippen LogP contribution is -2.34. The highest BCUT2D eigenvalue weighted by Gasteiger charge is 2.31. The van der Waals surface area contributed by atoms with Gasteiger partial charge in [0, 0.05) is 13.2 Å². The summed E-state index contributed by atoms with van der Waals surface area (Å²) < 4.78 is 24.3. The molecule has 2 amide bonds. The van der Waals surface area contributed by atoms with Gasteiger partial charge < -0.3 is 19.9 Å². The van der Waals surface area contributed by atoms with Gasteiger partial charge >= 0.3 is 0 Å². The Morgan fingerprint density at radius 1 is 1.30 bits per heavy atom. The van der Waals surface area contributed by atoms with Crippen LogP contribution in [-0.2, 0) is 14.3 Å². The lowest BCUT2D eigenvalue weighted by atomic mass is 10.2. The highest BCUT2D eigenvalue weighted by molar-refractivity contribution is 6.17. The number of β-amino-alcohol motifs (C(OH)–C–C–N with tert-alkyl or cyclic N) is 1. The first-order valence-electron chi connectivity index (χ1n) is 6.94. The number of ether oxygens (including phenoxy) is 2. The number of halogens is 1. The number of imide groups is 1. The molecule has 0 bridgehead atoms. The van der Waals surface area contributed by atoms with E-state index < -0.39 is 17.6 Å². The van der Waals surface area contributed by atoms with Crippen molar-refractivity contribution in [1.29, 1.82) is 0 Å². The first-order chi connectivity index (χ1) is 11.1. The van der Waals surface area contributed by atoms with Gasteiger partial charge in [0.15, 0.2) is 0 Å². The Morgan fingerprint density at radius 3 is 2.78 bits per heavy atom. The van der Waals surface area contributed by atoms with Crippen molar-refractivity contribution in [1.82, 2.24) is 4.90 Å². The first kappa shape index (κ1) is 16.9. The predicted octanol–water partition coefficient (Wildman–Crippen LogP) is 0.508. The Morgan fingerprint density at radius 2 is 2.09 bits per heavy atom. The summed E-state index contributed by atoms with van der Waals surface area (Å²) in [5, 5.41) is 11.5. The van der Waals surface area contributed by atoms with Crippen LogP contribution in [0.25, 0.3) is 0 Å². The van der Waals surface area contributed by atoms with Crippen molar-refractivity contribution < 1.29 is 28.6 Å². The van der Waals surface area contributed by atoms with E-state index in [1.165, 1.54) is 25.3 Å². The van der Waals surface area contributed by atoms with Gasteiger partial charge in [0.05, 0.1) is 19.8 Å². The number of anilines is 1. The fourth-order valence-electron chi connectivity index (χ4n) is 2.03. The molecule has 1 heterocycles. The maximum Gasteiger partial charge on any atom is 0.277 e. The molecule has 0 radical (unpaired) electrons. The van der Waals surface area contributed by atoms with E-state index in [2.05, 4.69) is 5.32 Å². The van der Waals surface area contributed by atoms with Gasteiger partial charge in [0.2, 0.25) is 0 Å². The van der Waals surface area contributed by atoms with E-state index in [9.17, 15) is 14.0 Å². The van der Waals surface area contributed by atoms with Crippen LogP contribution in [0.1, 0.15) is 0 Å². The Hall–Kier alpha value is -2.45. The van der Waals surface area contributed by atoms with E-state index in [1.54, 1.807) is 0 Å². The zero-order valence-corrected chi connectivity index (χ0v) is 12.5. The van der Waals surface area contributed by atoms with Crippen LogP contribution in [0, 0.1) is 5.82 Å². The number of amides is 2. The molecule has 2 N–H and O–H groups in total. The molecule has 1 aliphatic heterocycles. The zero-order valence-electron chi connectivity index (χ0n) is 12.5. The molecule has 0 saturated carbocycles. The third kappa shape index (κ3) is 3.85. The number of rotatable bonds is 8. The number of hydrogen-bond donors (Lipinski definition) is 2. The maximum atomic E-state index is 14.0. The molecule has 0 saturated heterocycles. The molecular weight excluding hydrogens is 307 g/mol. The van der Waals surface area contributed by atoms with Crippen LogP contribution in [0.4, 0.5) is 10.1 Å². The lowest BCUT2D eigenvalue weighted by molar-refractivity contribution is -0.137. The lowest BCUT2D eigenvalue weighted by Gasteiger charge is -2.16. The maximum absolute atomic E-state index is 14.0. The van der Waals surface area contributed by atoms with Crippen LogP contribution in [0.15, 0.2) is 30.0 Å². The van der Waals surface area contributed by atoms with Gasteiger partial charge in [-0.2, -0.15) is 0 Å². The first-order valence-corrected chi connectivity index (χ1v) is 6.94.